The largest absolute Gasteiger partial charge is 0.276 e. The van der Waals surface area contributed by atoms with Crippen molar-refractivity contribution in [3.8, 4) is 0 Å². The van der Waals surface area contributed by atoms with Gasteiger partial charge in [-0.25, -0.2) is 0 Å². The molecule has 80 valence electrons. The molecule has 4 aromatic rings. The fraction of sp³-hybridized carbons (Fsp3) is 0. The van der Waals surface area contributed by atoms with Crippen LogP contribution in [0.25, 0.3) is 32.7 Å². The van der Waals surface area contributed by atoms with Crippen LogP contribution in [0.5, 0.6) is 0 Å². The number of hydrogen-bond donors (Lipinski definition) is 1. The van der Waals surface area contributed by atoms with E-state index in [0.717, 1.165) is 32.7 Å². The molecule has 0 atom stereocenters. The van der Waals surface area contributed by atoms with Gasteiger partial charge in [0.15, 0.2) is 0 Å². The highest BCUT2D eigenvalue weighted by Gasteiger charge is 2.10. The summed E-state index contributed by atoms with van der Waals surface area (Å²) >= 11 is 0. The monoisotopic (exact) mass is 220 g/mol. The minimum atomic E-state index is 0.874. The Balaban J connectivity index is 2.48. The van der Waals surface area contributed by atoms with Crippen LogP contribution in [0.2, 0.25) is 0 Å². The predicted molar refractivity (Wildman–Crippen MR) is 66.7 cm³/mol. The topological polar surface area (TPSA) is 54.5 Å². The van der Waals surface area contributed by atoms with E-state index in [0.29, 0.717) is 0 Å². The summed E-state index contributed by atoms with van der Waals surface area (Å²) < 4.78 is 0. The van der Waals surface area contributed by atoms with Crippen molar-refractivity contribution in [3.63, 3.8) is 0 Å². The van der Waals surface area contributed by atoms with Gasteiger partial charge in [0.05, 0.1) is 17.2 Å². The van der Waals surface area contributed by atoms with Gasteiger partial charge in [-0.15, -0.1) is 0 Å². The Morgan fingerprint density at radius 3 is 2.47 bits per heavy atom. The maximum absolute atomic E-state index is 4.43. The Morgan fingerprint density at radius 1 is 0.824 bits per heavy atom. The first-order valence-electron chi connectivity index (χ1n) is 5.39. The average molecular weight is 220 g/mol. The van der Waals surface area contributed by atoms with Crippen molar-refractivity contribution >= 4 is 32.7 Å². The zero-order valence-electron chi connectivity index (χ0n) is 8.88. The van der Waals surface area contributed by atoms with Crippen molar-refractivity contribution in [2.45, 2.75) is 0 Å². The number of hydrogen-bond acceptors (Lipinski definition) is 3. The summed E-state index contributed by atoms with van der Waals surface area (Å²) in [7, 11) is 0. The molecule has 2 aromatic carbocycles. The highest BCUT2D eigenvalue weighted by Crippen LogP contribution is 2.30. The molecule has 0 spiro atoms. The number of nitrogens with one attached hydrogen (secondary N) is 1. The third-order valence-electron chi connectivity index (χ3n) is 3.05. The molecule has 0 aliphatic rings. The molecule has 0 aliphatic carbocycles. The predicted octanol–water partition coefficient (Wildman–Crippen LogP) is 2.66. The van der Waals surface area contributed by atoms with E-state index >= 15 is 0 Å². The van der Waals surface area contributed by atoms with Gasteiger partial charge in [0, 0.05) is 23.2 Å². The molecule has 0 saturated carbocycles. The lowest BCUT2D eigenvalue weighted by Gasteiger charge is -2.03. The summed E-state index contributed by atoms with van der Waals surface area (Å²) in [6.07, 6.45) is 5.26. The van der Waals surface area contributed by atoms with E-state index in [-0.39, 0.29) is 0 Å². The fourth-order valence-corrected chi connectivity index (χ4v) is 2.31. The van der Waals surface area contributed by atoms with Gasteiger partial charge in [0.2, 0.25) is 0 Å². The number of aromatic nitrogens is 4. The molecule has 0 radical (unpaired) electrons. The molecule has 4 rings (SSSR count). The minimum Gasteiger partial charge on any atom is -0.276 e. The first kappa shape index (κ1) is 8.64. The van der Waals surface area contributed by atoms with Gasteiger partial charge in [0.1, 0.15) is 5.52 Å². The van der Waals surface area contributed by atoms with E-state index < -0.39 is 0 Å². The smallest absolute Gasteiger partial charge is 0.115 e. The van der Waals surface area contributed by atoms with Crippen molar-refractivity contribution in [1.82, 2.24) is 20.2 Å². The minimum absolute atomic E-state index is 0.874. The van der Waals surface area contributed by atoms with Crippen molar-refractivity contribution in [3.05, 3.63) is 42.9 Å². The van der Waals surface area contributed by atoms with Crippen molar-refractivity contribution in [2.24, 2.45) is 0 Å². The Hall–Kier alpha value is -2.49. The number of aromatic amines is 1. The molecular weight excluding hydrogens is 212 g/mol. The molecular formula is C13H8N4. The maximum atomic E-state index is 4.43. The summed E-state index contributed by atoms with van der Waals surface area (Å²) in [5, 5.41) is 10.5. The number of fused-ring (bicyclic) bond motifs is 6. The quantitative estimate of drug-likeness (QED) is 0.463. The molecule has 0 amide bonds. The van der Waals surface area contributed by atoms with E-state index in [4.69, 9.17) is 0 Å². The van der Waals surface area contributed by atoms with Crippen LogP contribution in [0.4, 0.5) is 0 Å². The van der Waals surface area contributed by atoms with Crippen LogP contribution < -0.4 is 0 Å². The highest BCUT2D eigenvalue weighted by molar-refractivity contribution is 6.21. The molecule has 17 heavy (non-hydrogen) atoms. The van der Waals surface area contributed by atoms with Crippen LogP contribution in [-0.2, 0) is 0 Å². The van der Waals surface area contributed by atoms with E-state index in [9.17, 15) is 0 Å². The number of H-pyrrole nitrogens is 1. The summed E-state index contributed by atoms with van der Waals surface area (Å²) in [5.41, 5.74) is 2.74. The van der Waals surface area contributed by atoms with E-state index in [1.54, 1.807) is 12.4 Å². The molecule has 2 aromatic heterocycles. The molecule has 1 N–H and O–H groups in total. The van der Waals surface area contributed by atoms with Crippen LogP contribution in [0.15, 0.2) is 42.9 Å². The van der Waals surface area contributed by atoms with Crippen molar-refractivity contribution in [2.75, 3.05) is 0 Å². The summed E-state index contributed by atoms with van der Waals surface area (Å²) in [4.78, 5) is 8.83. The number of nitrogens with zero attached hydrogens (tertiary/aromatic N) is 3. The lowest BCUT2D eigenvalue weighted by molar-refractivity contribution is 1.12. The Bertz CT molecular complexity index is 778. The van der Waals surface area contributed by atoms with Gasteiger partial charge in [-0.05, 0) is 5.39 Å². The first-order chi connectivity index (χ1) is 8.45. The Kier molecular flexibility index (Phi) is 1.53. The molecule has 4 nitrogen and oxygen atoms in total. The second-order valence-electron chi connectivity index (χ2n) is 3.96. The summed E-state index contributed by atoms with van der Waals surface area (Å²) in [6.45, 7) is 0. The molecule has 0 unspecified atom stereocenters. The van der Waals surface area contributed by atoms with Gasteiger partial charge in [-0.3, -0.25) is 15.1 Å². The first-order valence-corrected chi connectivity index (χ1v) is 5.39. The zero-order valence-corrected chi connectivity index (χ0v) is 8.88. The van der Waals surface area contributed by atoms with Crippen molar-refractivity contribution in [1.29, 1.82) is 0 Å². The van der Waals surface area contributed by atoms with Crippen LogP contribution in [0, 0.1) is 0 Å². The fourth-order valence-electron chi connectivity index (χ4n) is 2.31. The maximum Gasteiger partial charge on any atom is 0.115 e. The molecule has 0 saturated heterocycles. The lowest BCUT2D eigenvalue weighted by atomic mass is 10.0. The van der Waals surface area contributed by atoms with Crippen LogP contribution in [0.3, 0.4) is 0 Å². The Labute approximate surface area is 96.3 Å². The van der Waals surface area contributed by atoms with Gasteiger partial charge >= 0.3 is 0 Å². The highest BCUT2D eigenvalue weighted by atomic mass is 15.1. The van der Waals surface area contributed by atoms with Crippen LogP contribution >= 0.6 is 0 Å². The van der Waals surface area contributed by atoms with E-state index in [1.165, 1.54) is 0 Å². The Morgan fingerprint density at radius 2 is 1.59 bits per heavy atom. The number of benzene rings is 2. The molecule has 0 bridgehead atoms. The third kappa shape index (κ3) is 1.04. The zero-order chi connectivity index (χ0) is 11.2. The third-order valence-corrected chi connectivity index (χ3v) is 3.05. The van der Waals surface area contributed by atoms with Crippen LogP contribution in [0.1, 0.15) is 0 Å². The SMILES string of the molecule is c1ccc2c(c1)c1cn[nH]c1c1nccnc21. The molecule has 0 aliphatic heterocycles. The normalized spacial score (nSPS) is 11.5. The second-order valence-corrected chi connectivity index (χ2v) is 3.96. The van der Waals surface area contributed by atoms with E-state index in [1.807, 2.05) is 18.3 Å². The molecule has 2 heterocycles. The van der Waals surface area contributed by atoms with Crippen LogP contribution in [-0.4, -0.2) is 20.2 Å². The average Bonchev–Trinajstić information content (AvgIpc) is 2.89. The van der Waals surface area contributed by atoms with Gasteiger partial charge < -0.3 is 0 Å². The second kappa shape index (κ2) is 3.01. The molecule has 4 heteroatoms. The number of rotatable bonds is 0. The van der Waals surface area contributed by atoms with Gasteiger partial charge in [-0.2, -0.15) is 5.10 Å². The summed E-state index contributed by atoms with van der Waals surface area (Å²) in [5.74, 6) is 0. The standard InChI is InChI=1S/C13H8N4/c1-2-4-9-8(3-1)10-7-16-17-12(10)13-11(9)14-5-6-15-13/h1-7H,(H,16,17). The van der Waals surface area contributed by atoms with Gasteiger partial charge in [0.25, 0.3) is 0 Å². The van der Waals surface area contributed by atoms with E-state index in [2.05, 4.69) is 32.3 Å². The van der Waals surface area contributed by atoms with Gasteiger partial charge in [-0.1, -0.05) is 24.3 Å². The molecule has 0 fully saturated rings. The van der Waals surface area contributed by atoms with Crippen molar-refractivity contribution < 1.29 is 0 Å². The lowest BCUT2D eigenvalue weighted by Crippen LogP contribution is -1.86. The summed E-state index contributed by atoms with van der Waals surface area (Å²) in [6, 6.07) is 8.19.